The standard InChI is InChI=1S/C30H32N6O2/c1-30(2,3)18-26-31-29(35-33-26)22-9-11-25-24(17-22)28(34-32-25)21-7-6-20-16-23(10-8-19(20)15-21)38-14-13-36-12-4-5-27(36)37/h6-11,15-17H,4-5,12-14,18H2,1-3H3,(H,32,34)(H,31,33,35). The fraction of sp³-hybridized carbons (Fsp3) is 0.333. The lowest BCUT2D eigenvalue weighted by Crippen LogP contribution is -2.29. The molecular formula is C30H32N6O2. The molecule has 0 unspecified atom stereocenters. The fourth-order valence-electron chi connectivity index (χ4n) is 5.05. The molecule has 1 aliphatic rings. The molecule has 2 aromatic heterocycles. The van der Waals surface area contributed by atoms with Gasteiger partial charge in [0, 0.05) is 35.9 Å². The van der Waals surface area contributed by atoms with Gasteiger partial charge in [0.1, 0.15) is 18.2 Å². The zero-order valence-electron chi connectivity index (χ0n) is 22.0. The van der Waals surface area contributed by atoms with Crippen molar-refractivity contribution in [3.05, 3.63) is 60.4 Å². The van der Waals surface area contributed by atoms with Crippen LogP contribution in [0.25, 0.3) is 44.3 Å². The molecule has 5 aromatic rings. The summed E-state index contributed by atoms with van der Waals surface area (Å²) in [6, 6.07) is 18.6. The van der Waals surface area contributed by atoms with Crippen LogP contribution in [0.5, 0.6) is 5.75 Å². The normalized spacial score (nSPS) is 14.2. The van der Waals surface area contributed by atoms with Gasteiger partial charge in [-0.05, 0) is 59.0 Å². The highest BCUT2D eigenvalue weighted by molar-refractivity contribution is 5.97. The van der Waals surface area contributed by atoms with Gasteiger partial charge in [0.15, 0.2) is 5.82 Å². The van der Waals surface area contributed by atoms with Gasteiger partial charge in [-0.2, -0.15) is 10.2 Å². The second kappa shape index (κ2) is 9.59. The van der Waals surface area contributed by atoms with E-state index in [1.54, 1.807) is 0 Å². The topological polar surface area (TPSA) is 99.8 Å². The summed E-state index contributed by atoms with van der Waals surface area (Å²) < 4.78 is 5.94. The van der Waals surface area contributed by atoms with Crippen molar-refractivity contribution < 1.29 is 9.53 Å². The first kappa shape index (κ1) is 24.2. The molecule has 38 heavy (non-hydrogen) atoms. The number of nitrogens with one attached hydrogen (secondary N) is 2. The van der Waals surface area contributed by atoms with Crippen molar-refractivity contribution >= 4 is 27.6 Å². The van der Waals surface area contributed by atoms with Crippen LogP contribution in [0.2, 0.25) is 0 Å². The fourth-order valence-corrected chi connectivity index (χ4v) is 5.05. The zero-order valence-corrected chi connectivity index (χ0v) is 22.0. The summed E-state index contributed by atoms with van der Waals surface area (Å²) in [6.45, 7) is 8.54. The second-order valence-electron chi connectivity index (χ2n) is 11.2. The van der Waals surface area contributed by atoms with E-state index in [1.165, 1.54) is 0 Å². The molecule has 3 aromatic carbocycles. The highest BCUT2D eigenvalue weighted by Gasteiger charge is 2.20. The van der Waals surface area contributed by atoms with Crippen LogP contribution in [0.1, 0.15) is 39.4 Å². The number of ether oxygens (including phenoxy) is 1. The van der Waals surface area contributed by atoms with Gasteiger partial charge in [0.25, 0.3) is 0 Å². The average molecular weight is 509 g/mol. The lowest BCUT2D eigenvalue weighted by Gasteiger charge is -2.16. The van der Waals surface area contributed by atoms with Crippen LogP contribution in [0, 0.1) is 5.41 Å². The van der Waals surface area contributed by atoms with Crippen molar-refractivity contribution in [2.75, 3.05) is 19.7 Å². The number of H-pyrrole nitrogens is 2. The van der Waals surface area contributed by atoms with Gasteiger partial charge >= 0.3 is 0 Å². The number of amides is 1. The maximum Gasteiger partial charge on any atom is 0.222 e. The molecule has 1 saturated heterocycles. The van der Waals surface area contributed by atoms with Gasteiger partial charge in [-0.25, -0.2) is 4.98 Å². The summed E-state index contributed by atoms with van der Waals surface area (Å²) in [5, 5.41) is 18.6. The Bertz CT molecular complexity index is 1630. The Labute approximate surface area is 221 Å². The largest absolute Gasteiger partial charge is 0.492 e. The number of hydrogen-bond donors (Lipinski definition) is 2. The number of rotatable bonds is 7. The predicted octanol–water partition coefficient (Wildman–Crippen LogP) is 5.76. The van der Waals surface area contributed by atoms with Crippen LogP contribution in [0.15, 0.2) is 54.6 Å². The third-order valence-corrected chi connectivity index (χ3v) is 6.94. The molecule has 0 radical (unpaired) electrons. The molecule has 3 heterocycles. The van der Waals surface area contributed by atoms with E-state index in [4.69, 9.17) is 9.72 Å². The molecule has 0 bridgehead atoms. The summed E-state index contributed by atoms with van der Waals surface area (Å²) in [5.74, 6) is 2.62. The number of carbonyl (C=O) groups excluding carboxylic acids is 1. The molecule has 2 N–H and O–H groups in total. The number of aromatic amines is 2. The molecule has 1 aliphatic heterocycles. The molecule has 0 saturated carbocycles. The Morgan fingerprint density at radius 3 is 2.58 bits per heavy atom. The van der Waals surface area contributed by atoms with E-state index in [1.807, 2.05) is 29.2 Å². The van der Waals surface area contributed by atoms with E-state index in [2.05, 4.69) is 71.5 Å². The molecule has 194 valence electrons. The van der Waals surface area contributed by atoms with Crippen molar-refractivity contribution in [3.8, 4) is 28.4 Å². The Kier molecular flexibility index (Phi) is 6.10. The molecule has 6 rings (SSSR count). The van der Waals surface area contributed by atoms with E-state index < -0.39 is 0 Å². The van der Waals surface area contributed by atoms with Gasteiger partial charge in [-0.1, -0.05) is 39.0 Å². The number of carbonyl (C=O) groups is 1. The number of fused-ring (bicyclic) bond motifs is 2. The Morgan fingerprint density at radius 1 is 0.947 bits per heavy atom. The number of benzene rings is 3. The molecule has 8 nitrogen and oxygen atoms in total. The van der Waals surface area contributed by atoms with E-state index >= 15 is 0 Å². The monoisotopic (exact) mass is 508 g/mol. The van der Waals surface area contributed by atoms with Gasteiger partial charge in [-0.15, -0.1) is 0 Å². The number of aromatic nitrogens is 5. The van der Waals surface area contributed by atoms with E-state index in [0.29, 0.717) is 25.4 Å². The summed E-state index contributed by atoms with van der Waals surface area (Å²) in [6.07, 6.45) is 2.44. The Balaban J connectivity index is 1.23. The maximum absolute atomic E-state index is 11.8. The van der Waals surface area contributed by atoms with Crippen LogP contribution in [0.3, 0.4) is 0 Å². The summed E-state index contributed by atoms with van der Waals surface area (Å²) >= 11 is 0. The highest BCUT2D eigenvalue weighted by Crippen LogP contribution is 2.32. The van der Waals surface area contributed by atoms with Crippen LogP contribution in [-0.2, 0) is 11.2 Å². The molecule has 8 heteroatoms. The van der Waals surface area contributed by atoms with Gasteiger partial charge in [0.2, 0.25) is 5.91 Å². The third kappa shape index (κ3) is 4.98. The third-order valence-electron chi connectivity index (χ3n) is 6.94. The first-order valence-electron chi connectivity index (χ1n) is 13.2. The SMILES string of the molecule is CC(C)(C)Cc1nc(-c2ccc3[nH]nc(-c4ccc5cc(OCCN6CCCC6=O)ccc5c4)c3c2)n[nH]1. The lowest BCUT2D eigenvalue weighted by molar-refractivity contribution is -0.128. The van der Waals surface area contributed by atoms with Crippen LogP contribution in [0.4, 0.5) is 0 Å². The minimum absolute atomic E-state index is 0.134. The smallest absolute Gasteiger partial charge is 0.222 e. The minimum atomic E-state index is 0.134. The first-order chi connectivity index (χ1) is 18.3. The minimum Gasteiger partial charge on any atom is -0.492 e. The average Bonchev–Trinajstić information content (AvgIpc) is 3.62. The summed E-state index contributed by atoms with van der Waals surface area (Å²) in [4.78, 5) is 18.4. The highest BCUT2D eigenvalue weighted by atomic mass is 16.5. The van der Waals surface area contributed by atoms with Gasteiger partial charge in [-0.3, -0.25) is 15.0 Å². The van der Waals surface area contributed by atoms with E-state index in [-0.39, 0.29) is 11.3 Å². The van der Waals surface area contributed by atoms with E-state index in [9.17, 15) is 4.79 Å². The Hall–Kier alpha value is -4.20. The van der Waals surface area contributed by atoms with E-state index in [0.717, 1.165) is 69.5 Å². The zero-order chi connectivity index (χ0) is 26.3. The molecule has 0 aliphatic carbocycles. The number of hydrogen-bond acceptors (Lipinski definition) is 5. The van der Waals surface area contributed by atoms with Crippen LogP contribution in [-0.4, -0.2) is 55.9 Å². The number of likely N-dealkylation sites (tertiary alicyclic amines) is 1. The summed E-state index contributed by atoms with van der Waals surface area (Å²) in [7, 11) is 0. The van der Waals surface area contributed by atoms with Gasteiger partial charge in [0.05, 0.1) is 17.8 Å². The van der Waals surface area contributed by atoms with Crippen molar-refractivity contribution in [1.82, 2.24) is 30.3 Å². The lowest BCUT2D eigenvalue weighted by atomic mass is 9.92. The Morgan fingerprint density at radius 2 is 1.76 bits per heavy atom. The predicted molar refractivity (Wildman–Crippen MR) is 149 cm³/mol. The van der Waals surface area contributed by atoms with Crippen LogP contribution >= 0.6 is 0 Å². The van der Waals surface area contributed by atoms with Crippen molar-refractivity contribution in [2.24, 2.45) is 5.41 Å². The molecular weight excluding hydrogens is 476 g/mol. The van der Waals surface area contributed by atoms with Crippen molar-refractivity contribution in [1.29, 1.82) is 0 Å². The van der Waals surface area contributed by atoms with Gasteiger partial charge < -0.3 is 9.64 Å². The summed E-state index contributed by atoms with van der Waals surface area (Å²) in [5.41, 5.74) is 3.98. The first-order valence-corrected chi connectivity index (χ1v) is 13.2. The van der Waals surface area contributed by atoms with Crippen LogP contribution < -0.4 is 4.74 Å². The number of nitrogens with zero attached hydrogens (tertiary/aromatic N) is 4. The molecule has 1 amide bonds. The quantitative estimate of drug-likeness (QED) is 0.291. The molecule has 1 fully saturated rings. The van der Waals surface area contributed by atoms with Crippen molar-refractivity contribution in [3.63, 3.8) is 0 Å². The molecule has 0 spiro atoms. The second-order valence-corrected chi connectivity index (χ2v) is 11.2. The maximum atomic E-state index is 11.8. The molecule has 0 atom stereocenters. The van der Waals surface area contributed by atoms with Crippen molar-refractivity contribution in [2.45, 2.75) is 40.0 Å².